The summed E-state index contributed by atoms with van der Waals surface area (Å²) in [6.07, 6.45) is 1.10. The Kier molecular flexibility index (Phi) is 7.78. The highest BCUT2D eigenvalue weighted by molar-refractivity contribution is 5.82. The second kappa shape index (κ2) is 10.3. The zero-order valence-electron chi connectivity index (χ0n) is 17.3. The summed E-state index contributed by atoms with van der Waals surface area (Å²) in [7, 11) is 0. The molecule has 8 nitrogen and oxygen atoms in total. The van der Waals surface area contributed by atoms with Crippen LogP contribution in [0.1, 0.15) is 40.9 Å². The molecule has 2 rings (SSSR count). The van der Waals surface area contributed by atoms with Crippen molar-refractivity contribution in [1.82, 2.24) is 20.6 Å². The summed E-state index contributed by atoms with van der Waals surface area (Å²) in [5.74, 6) is -0.0876. The van der Waals surface area contributed by atoms with Gasteiger partial charge in [0.05, 0.1) is 24.7 Å². The van der Waals surface area contributed by atoms with Crippen LogP contribution in [0, 0.1) is 39.0 Å². The number of benzene rings is 1. The van der Waals surface area contributed by atoms with Crippen LogP contribution in [-0.4, -0.2) is 28.2 Å². The van der Waals surface area contributed by atoms with Crippen LogP contribution in [0.15, 0.2) is 18.2 Å². The lowest BCUT2D eigenvalue weighted by Gasteiger charge is -2.11. The molecule has 0 aliphatic heterocycles. The van der Waals surface area contributed by atoms with E-state index in [0.717, 1.165) is 28.1 Å². The molecule has 0 bridgehead atoms. The number of hydrazine groups is 1. The van der Waals surface area contributed by atoms with E-state index in [1.165, 1.54) is 0 Å². The van der Waals surface area contributed by atoms with Gasteiger partial charge in [-0.15, -0.1) is 0 Å². The van der Waals surface area contributed by atoms with Crippen LogP contribution < -0.4 is 15.6 Å². The predicted molar refractivity (Wildman–Crippen MR) is 108 cm³/mol. The Bertz CT molecular complexity index is 927. The molecule has 0 aliphatic rings. The molecule has 29 heavy (non-hydrogen) atoms. The van der Waals surface area contributed by atoms with Gasteiger partial charge in [-0.25, -0.2) is 0 Å². The molecule has 1 aromatic carbocycles. The Labute approximate surface area is 170 Å². The first-order valence-corrected chi connectivity index (χ1v) is 9.49. The van der Waals surface area contributed by atoms with E-state index in [-0.39, 0.29) is 18.9 Å². The van der Waals surface area contributed by atoms with Crippen LogP contribution in [0.5, 0.6) is 5.75 Å². The van der Waals surface area contributed by atoms with Gasteiger partial charge in [0.2, 0.25) is 5.91 Å². The number of hydrogen-bond acceptors (Lipinski definition) is 5. The molecule has 2 amide bonds. The Morgan fingerprint density at radius 1 is 1.17 bits per heavy atom. The number of ether oxygens (including phenoxy) is 1. The van der Waals surface area contributed by atoms with Crippen molar-refractivity contribution < 1.29 is 14.3 Å². The topological polar surface area (TPSA) is 109 Å². The number of nitriles is 1. The van der Waals surface area contributed by atoms with E-state index in [0.29, 0.717) is 25.1 Å². The largest absolute Gasteiger partial charge is 0.483 e. The Hall–Kier alpha value is -3.34. The third-order valence-corrected chi connectivity index (χ3v) is 4.61. The van der Waals surface area contributed by atoms with Crippen molar-refractivity contribution >= 4 is 11.8 Å². The van der Waals surface area contributed by atoms with E-state index in [1.54, 1.807) is 4.68 Å². The maximum absolute atomic E-state index is 12.1. The normalized spacial score (nSPS) is 10.3. The summed E-state index contributed by atoms with van der Waals surface area (Å²) in [4.78, 5) is 24.0. The molecule has 2 aromatic rings. The SMILES string of the molecule is Cc1ccc(C)c(OCC(=O)NNC(=O)CCc2c(C)nn(CCC#N)c2C)c1. The summed E-state index contributed by atoms with van der Waals surface area (Å²) in [5, 5.41) is 13.1. The van der Waals surface area contributed by atoms with Gasteiger partial charge in [0.25, 0.3) is 5.91 Å². The van der Waals surface area contributed by atoms with Gasteiger partial charge in [-0.2, -0.15) is 10.4 Å². The van der Waals surface area contributed by atoms with Crippen molar-refractivity contribution in [3.05, 3.63) is 46.3 Å². The van der Waals surface area contributed by atoms with E-state index in [1.807, 2.05) is 45.9 Å². The first-order valence-electron chi connectivity index (χ1n) is 9.49. The molecule has 1 heterocycles. The minimum atomic E-state index is -0.434. The van der Waals surface area contributed by atoms with E-state index in [9.17, 15) is 9.59 Å². The number of aryl methyl sites for hydroxylation is 4. The van der Waals surface area contributed by atoms with Crippen LogP contribution in [-0.2, 0) is 22.6 Å². The van der Waals surface area contributed by atoms with Crippen LogP contribution in [0.25, 0.3) is 0 Å². The van der Waals surface area contributed by atoms with Crippen molar-refractivity contribution in [3.63, 3.8) is 0 Å². The molecule has 1 aromatic heterocycles. The van der Waals surface area contributed by atoms with Gasteiger partial charge in [0.15, 0.2) is 6.61 Å². The number of nitrogens with zero attached hydrogens (tertiary/aromatic N) is 3. The highest BCUT2D eigenvalue weighted by Gasteiger charge is 2.13. The average molecular weight is 397 g/mol. The molecule has 0 radical (unpaired) electrons. The summed E-state index contributed by atoms with van der Waals surface area (Å²) in [6, 6.07) is 7.86. The maximum Gasteiger partial charge on any atom is 0.276 e. The molecule has 0 unspecified atom stereocenters. The van der Waals surface area contributed by atoms with Crippen LogP contribution in [0.3, 0.4) is 0 Å². The Balaban J connectivity index is 1.77. The highest BCUT2D eigenvalue weighted by Crippen LogP contribution is 2.19. The van der Waals surface area contributed by atoms with E-state index < -0.39 is 5.91 Å². The molecule has 2 N–H and O–H groups in total. The van der Waals surface area contributed by atoms with Crippen LogP contribution in [0.4, 0.5) is 0 Å². The molecule has 154 valence electrons. The van der Waals surface area contributed by atoms with Crippen LogP contribution in [0.2, 0.25) is 0 Å². The molecule has 0 fully saturated rings. The standard InChI is InChI=1S/C21H27N5O3/c1-14-6-7-15(2)19(12-14)29-13-21(28)24-23-20(27)9-8-18-16(3)25-26(17(18)4)11-5-10-22/h6-7,12H,5,8-9,11,13H2,1-4H3,(H,23,27)(H,24,28). The van der Waals surface area contributed by atoms with Crippen molar-refractivity contribution in [1.29, 1.82) is 5.26 Å². The second-order valence-electron chi connectivity index (χ2n) is 6.93. The maximum atomic E-state index is 12.1. The summed E-state index contributed by atoms with van der Waals surface area (Å²) >= 11 is 0. The fourth-order valence-corrected chi connectivity index (χ4v) is 2.95. The third-order valence-electron chi connectivity index (χ3n) is 4.61. The first-order chi connectivity index (χ1) is 13.8. The van der Waals surface area contributed by atoms with Gasteiger partial charge >= 0.3 is 0 Å². The minimum Gasteiger partial charge on any atom is -0.483 e. The smallest absolute Gasteiger partial charge is 0.276 e. The predicted octanol–water partition coefficient (Wildman–Crippen LogP) is 2.19. The minimum absolute atomic E-state index is 0.186. The average Bonchev–Trinajstić information content (AvgIpc) is 2.96. The van der Waals surface area contributed by atoms with Gasteiger partial charge < -0.3 is 4.74 Å². The molecule has 0 atom stereocenters. The lowest BCUT2D eigenvalue weighted by molar-refractivity contribution is -0.130. The van der Waals surface area contributed by atoms with Gasteiger partial charge in [-0.05, 0) is 56.9 Å². The number of nitrogens with one attached hydrogen (secondary N) is 2. The summed E-state index contributed by atoms with van der Waals surface area (Å²) in [6.45, 7) is 8.01. The zero-order valence-corrected chi connectivity index (χ0v) is 17.3. The molecule has 0 spiro atoms. The van der Waals surface area contributed by atoms with Crippen molar-refractivity contribution in [2.45, 2.75) is 53.5 Å². The zero-order chi connectivity index (χ0) is 21.4. The van der Waals surface area contributed by atoms with Crippen molar-refractivity contribution in [3.8, 4) is 11.8 Å². The fraction of sp³-hybridized carbons (Fsp3) is 0.429. The molecular weight excluding hydrogens is 370 g/mol. The summed E-state index contributed by atoms with van der Waals surface area (Å²) < 4.78 is 7.30. The van der Waals surface area contributed by atoms with Gasteiger partial charge in [-0.3, -0.25) is 25.1 Å². The van der Waals surface area contributed by atoms with Gasteiger partial charge in [-0.1, -0.05) is 12.1 Å². The third kappa shape index (κ3) is 6.35. The number of aromatic nitrogens is 2. The quantitative estimate of drug-likeness (QED) is 0.664. The Morgan fingerprint density at radius 2 is 1.90 bits per heavy atom. The number of amides is 2. The monoisotopic (exact) mass is 397 g/mol. The van der Waals surface area contributed by atoms with E-state index in [2.05, 4.69) is 22.0 Å². The number of carbonyl (C=O) groups excluding carboxylic acids is 2. The van der Waals surface area contributed by atoms with Crippen molar-refractivity contribution in [2.75, 3.05) is 6.61 Å². The van der Waals surface area contributed by atoms with Crippen molar-refractivity contribution in [2.24, 2.45) is 0 Å². The van der Waals surface area contributed by atoms with E-state index in [4.69, 9.17) is 10.00 Å². The molecule has 0 saturated heterocycles. The Morgan fingerprint density at radius 3 is 2.62 bits per heavy atom. The molecule has 0 saturated carbocycles. The van der Waals surface area contributed by atoms with E-state index >= 15 is 0 Å². The molecule has 8 heteroatoms. The van der Waals surface area contributed by atoms with Gasteiger partial charge in [0.1, 0.15) is 5.75 Å². The number of carbonyl (C=O) groups is 2. The lowest BCUT2D eigenvalue weighted by atomic mass is 10.1. The first kappa shape index (κ1) is 22.0. The fourth-order valence-electron chi connectivity index (χ4n) is 2.95. The molecule has 0 aliphatic carbocycles. The lowest BCUT2D eigenvalue weighted by Crippen LogP contribution is -2.43. The summed E-state index contributed by atoms with van der Waals surface area (Å²) in [5.41, 5.74) is 9.54. The van der Waals surface area contributed by atoms with Crippen LogP contribution >= 0.6 is 0 Å². The number of hydrogen-bond donors (Lipinski definition) is 2. The highest BCUT2D eigenvalue weighted by atomic mass is 16.5. The number of rotatable bonds is 8. The van der Waals surface area contributed by atoms with Gasteiger partial charge in [0, 0.05) is 12.1 Å². The second-order valence-corrected chi connectivity index (χ2v) is 6.93. The molecular formula is C21H27N5O3.